The van der Waals surface area contributed by atoms with Crippen LogP contribution in [-0.4, -0.2) is 27.5 Å². The first-order chi connectivity index (χ1) is 9.02. The number of hydrogen-bond acceptors (Lipinski definition) is 6. The third-order valence-corrected chi connectivity index (χ3v) is 2.77. The van der Waals surface area contributed by atoms with Gasteiger partial charge < -0.3 is 10.1 Å². The number of nitro groups is 1. The summed E-state index contributed by atoms with van der Waals surface area (Å²) in [5.74, 6) is 0.959. The van der Waals surface area contributed by atoms with Crippen molar-refractivity contribution in [1.82, 2.24) is 9.97 Å². The minimum absolute atomic E-state index is 0.0503. The zero-order valence-corrected chi connectivity index (χ0v) is 11.3. The van der Waals surface area contributed by atoms with E-state index in [1.165, 1.54) is 0 Å². The molecule has 1 fully saturated rings. The minimum Gasteiger partial charge on any atom is -0.473 e. The maximum Gasteiger partial charge on any atom is 0.372 e. The fraction of sp³-hybridized carbons (Fsp3) is 0.667. The maximum absolute atomic E-state index is 11.2. The molecule has 1 heterocycles. The molecule has 104 valence electrons. The van der Waals surface area contributed by atoms with Crippen molar-refractivity contribution in [3.05, 3.63) is 15.9 Å². The van der Waals surface area contributed by atoms with Gasteiger partial charge in [-0.25, -0.2) is 4.98 Å². The molecule has 2 rings (SSSR count). The molecule has 0 aliphatic heterocycles. The molecular formula is C12H18N4O3. The number of hydrogen-bond donors (Lipinski definition) is 1. The molecule has 1 aromatic heterocycles. The lowest BCUT2D eigenvalue weighted by Crippen LogP contribution is -2.12. The smallest absolute Gasteiger partial charge is 0.372 e. The van der Waals surface area contributed by atoms with Crippen LogP contribution >= 0.6 is 0 Å². The van der Waals surface area contributed by atoms with E-state index in [0.717, 1.165) is 12.8 Å². The zero-order valence-electron chi connectivity index (χ0n) is 11.3. The van der Waals surface area contributed by atoms with Gasteiger partial charge in [0, 0.05) is 12.0 Å². The van der Waals surface area contributed by atoms with Crippen LogP contribution < -0.4 is 10.1 Å². The lowest BCUT2D eigenvalue weighted by Gasteiger charge is -2.12. The normalized spacial score (nSPS) is 14.5. The van der Waals surface area contributed by atoms with E-state index in [-0.39, 0.29) is 29.3 Å². The monoisotopic (exact) mass is 266 g/mol. The topological polar surface area (TPSA) is 90.2 Å². The van der Waals surface area contributed by atoms with E-state index in [0.29, 0.717) is 12.4 Å². The van der Waals surface area contributed by atoms with Crippen molar-refractivity contribution in [3.63, 3.8) is 0 Å². The SMILES string of the molecule is CCOc1nc(C(C)C)nc(NC2CC2)c1[N+](=O)[O-]. The summed E-state index contributed by atoms with van der Waals surface area (Å²) in [6.45, 7) is 5.99. The summed E-state index contributed by atoms with van der Waals surface area (Å²) < 4.78 is 5.30. The predicted octanol–water partition coefficient (Wildman–Crippen LogP) is 2.48. The molecule has 1 N–H and O–H groups in total. The molecule has 19 heavy (non-hydrogen) atoms. The van der Waals surface area contributed by atoms with Gasteiger partial charge in [0.2, 0.25) is 5.82 Å². The average molecular weight is 266 g/mol. The molecule has 0 atom stereocenters. The quantitative estimate of drug-likeness (QED) is 0.628. The molecule has 0 amide bonds. The van der Waals surface area contributed by atoms with Gasteiger partial charge >= 0.3 is 5.69 Å². The number of aromatic nitrogens is 2. The van der Waals surface area contributed by atoms with E-state index in [1.807, 2.05) is 13.8 Å². The van der Waals surface area contributed by atoms with Crippen molar-refractivity contribution in [1.29, 1.82) is 0 Å². The second-order valence-corrected chi connectivity index (χ2v) is 4.85. The number of anilines is 1. The maximum atomic E-state index is 11.2. The second-order valence-electron chi connectivity index (χ2n) is 4.85. The van der Waals surface area contributed by atoms with Gasteiger partial charge in [0.15, 0.2) is 0 Å². The first-order valence-electron chi connectivity index (χ1n) is 6.48. The van der Waals surface area contributed by atoms with Crippen LogP contribution in [0.2, 0.25) is 0 Å². The van der Waals surface area contributed by atoms with Crippen molar-refractivity contribution in [2.24, 2.45) is 0 Å². The Kier molecular flexibility index (Phi) is 3.82. The van der Waals surface area contributed by atoms with Gasteiger partial charge in [-0.3, -0.25) is 10.1 Å². The Morgan fingerprint density at radius 3 is 2.63 bits per heavy atom. The van der Waals surface area contributed by atoms with Gasteiger partial charge in [0.25, 0.3) is 5.88 Å². The summed E-state index contributed by atoms with van der Waals surface area (Å²) in [5, 5.41) is 14.3. The highest BCUT2D eigenvalue weighted by Gasteiger charge is 2.31. The lowest BCUT2D eigenvalue weighted by molar-refractivity contribution is -0.385. The molecule has 1 aliphatic rings. The third kappa shape index (κ3) is 3.10. The van der Waals surface area contributed by atoms with Crippen LogP contribution in [-0.2, 0) is 0 Å². The number of ether oxygens (including phenoxy) is 1. The predicted molar refractivity (Wildman–Crippen MR) is 70.6 cm³/mol. The Labute approximate surface area is 111 Å². The van der Waals surface area contributed by atoms with Gasteiger partial charge in [-0.15, -0.1) is 0 Å². The average Bonchev–Trinajstić information content (AvgIpc) is 3.12. The zero-order chi connectivity index (χ0) is 14.0. The number of rotatable bonds is 6. The summed E-state index contributed by atoms with van der Waals surface area (Å²) >= 11 is 0. The number of nitrogens with one attached hydrogen (secondary N) is 1. The van der Waals surface area contributed by atoms with Crippen LogP contribution in [0.1, 0.15) is 45.4 Å². The molecular weight excluding hydrogens is 248 g/mol. The Balaban J connectivity index is 2.47. The van der Waals surface area contributed by atoms with E-state index in [1.54, 1.807) is 6.92 Å². The van der Waals surface area contributed by atoms with Crippen LogP contribution in [0.5, 0.6) is 5.88 Å². The number of nitrogens with zero attached hydrogens (tertiary/aromatic N) is 3. The summed E-state index contributed by atoms with van der Waals surface area (Å²) in [7, 11) is 0. The molecule has 1 aliphatic carbocycles. The molecule has 0 aromatic carbocycles. The fourth-order valence-electron chi connectivity index (χ4n) is 1.63. The van der Waals surface area contributed by atoms with Crippen LogP contribution in [0, 0.1) is 10.1 Å². The Morgan fingerprint density at radius 2 is 2.16 bits per heavy atom. The first-order valence-corrected chi connectivity index (χ1v) is 6.48. The lowest BCUT2D eigenvalue weighted by atomic mass is 10.2. The minimum atomic E-state index is -0.486. The van der Waals surface area contributed by atoms with Crippen LogP contribution in [0.4, 0.5) is 11.5 Å². The molecule has 7 heteroatoms. The van der Waals surface area contributed by atoms with E-state index < -0.39 is 4.92 Å². The van der Waals surface area contributed by atoms with Gasteiger partial charge in [-0.2, -0.15) is 4.98 Å². The summed E-state index contributed by atoms with van der Waals surface area (Å²) in [4.78, 5) is 19.1. The molecule has 1 saturated carbocycles. The second kappa shape index (κ2) is 5.38. The van der Waals surface area contributed by atoms with Crippen molar-refractivity contribution in [3.8, 4) is 5.88 Å². The molecule has 0 bridgehead atoms. The molecule has 0 saturated heterocycles. The van der Waals surface area contributed by atoms with E-state index >= 15 is 0 Å². The standard InChI is InChI=1S/C12H18N4O3/c1-4-19-12-9(16(17)18)11(13-8-5-6-8)14-10(15-12)7(2)3/h7-8H,4-6H2,1-3H3,(H,13,14,15). The van der Waals surface area contributed by atoms with Gasteiger partial charge in [-0.1, -0.05) is 13.8 Å². The summed E-state index contributed by atoms with van der Waals surface area (Å²) in [6.07, 6.45) is 2.03. The highest BCUT2D eigenvalue weighted by atomic mass is 16.6. The summed E-state index contributed by atoms with van der Waals surface area (Å²) in [6, 6.07) is 0.281. The van der Waals surface area contributed by atoms with Gasteiger partial charge in [0.05, 0.1) is 11.5 Å². The van der Waals surface area contributed by atoms with E-state index in [9.17, 15) is 10.1 Å². The first kappa shape index (κ1) is 13.5. The highest BCUT2D eigenvalue weighted by Crippen LogP contribution is 2.36. The highest BCUT2D eigenvalue weighted by molar-refractivity contribution is 5.62. The van der Waals surface area contributed by atoms with Crippen LogP contribution in [0.3, 0.4) is 0 Å². The van der Waals surface area contributed by atoms with Crippen molar-refractivity contribution in [2.75, 3.05) is 11.9 Å². The fourth-order valence-corrected chi connectivity index (χ4v) is 1.63. The van der Waals surface area contributed by atoms with E-state index in [2.05, 4.69) is 15.3 Å². The largest absolute Gasteiger partial charge is 0.473 e. The van der Waals surface area contributed by atoms with Crippen molar-refractivity contribution >= 4 is 11.5 Å². The Hall–Kier alpha value is -1.92. The molecule has 0 spiro atoms. The van der Waals surface area contributed by atoms with Crippen LogP contribution in [0.25, 0.3) is 0 Å². The van der Waals surface area contributed by atoms with Gasteiger partial charge in [-0.05, 0) is 19.8 Å². The van der Waals surface area contributed by atoms with Crippen molar-refractivity contribution in [2.45, 2.75) is 45.6 Å². The Bertz CT molecular complexity index is 486. The molecule has 0 radical (unpaired) electrons. The summed E-state index contributed by atoms with van der Waals surface area (Å²) in [5.41, 5.74) is -0.168. The molecule has 0 unspecified atom stereocenters. The molecule has 7 nitrogen and oxygen atoms in total. The van der Waals surface area contributed by atoms with Gasteiger partial charge in [0.1, 0.15) is 5.82 Å². The van der Waals surface area contributed by atoms with Crippen molar-refractivity contribution < 1.29 is 9.66 Å². The molecule has 1 aromatic rings. The third-order valence-electron chi connectivity index (χ3n) is 2.77. The van der Waals surface area contributed by atoms with Crippen LogP contribution in [0.15, 0.2) is 0 Å². The Morgan fingerprint density at radius 1 is 1.47 bits per heavy atom. The van der Waals surface area contributed by atoms with E-state index in [4.69, 9.17) is 4.74 Å².